The quantitative estimate of drug-likeness (QED) is 0.155. The van der Waals surface area contributed by atoms with E-state index >= 15 is 0 Å². The monoisotopic (exact) mass is 574 g/mol. The van der Waals surface area contributed by atoms with Gasteiger partial charge in [-0.2, -0.15) is 0 Å². The lowest BCUT2D eigenvalue weighted by Crippen LogP contribution is -1.97. The minimum atomic E-state index is 0.700. The molecule has 3 heteroatoms. The van der Waals surface area contributed by atoms with Gasteiger partial charge in [0.05, 0.1) is 11.4 Å². The maximum atomic E-state index is 6.14. The van der Waals surface area contributed by atoms with Crippen LogP contribution in [0.1, 0.15) is 0 Å². The molecule has 3 nitrogen and oxygen atoms in total. The van der Waals surface area contributed by atoms with Gasteiger partial charge in [0.15, 0.2) is 5.82 Å². The summed E-state index contributed by atoms with van der Waals surface area (Å²) >= 11 is 0. The molecule has 9 rings (SSSR count). The number of rotatable bonds is 4. The average Bonchev–Trinajstić information content (AvgIpc) is 3.55. The molecule has 0 N–H and O–H groups in total. The van der Waals surface area contributed by atoms with Crippen LogP contribution in [0, 0.1) is 0 Å². The van der Waals surface area contributed by atoms with Crippen molar-refractivity contribution in [2.45, 2.75) is 0 Å². The predicted molar refractivity (Wildman–Crippen MR) is 186 cm³/mol. The van der Waals surface area contributed by atoms with Crippen LogP contribution >= 0.6 is 0 Å². The van der Waals surface area contributed by atoms with E-state index in [0.29, 0.717) is 5.82 Å². The molecule has 0 saturated heterocycles. The van der Waals surface area contributed by atoms with E-state index in [0.717, 1.165) is 50.4 Å². The largest absolute Gasteiger partial charge is 0.456 e. The molecule has 0 saturated carbocycles. The average molecular weight is 575 g/mol. The Kier molecular flexibility index (Phi) is 5.82. The molecular weight excluding hydrogens is 548 g/mol. The van der Waals surface area contributed by atoms with Crippen molar-refractivity contribution in [3.63, 3.8) is 0 Å². The number of nitrogens with zero attached hydrogens (tertiary/aromatic N) is 2. The highest BCUT2D eigenvalue weighted by molar-refractivity contribution is 6.21. The first-order valence-corrected chi connectivity index (χ1v) is 15.2. The van der Waals surface area contributed by atoms with E-state index in [1.807, 2.05) is 36.4 Å². The van der Waals surface area contributed by atoms with Gasteiger partial charge in [-0.05, 0) is 56.6 Å². The molecule has 0 aliphatic heterocycles. The van der Waals surface area contributed by atoms with Crippen molar-refractivity contribution in [2.75, 3.05) is 0 Å². The summed E-state index contributed by atoms with van der Waals surface area (Å²) in [6.07, 6.45) is 0. The first-order chi connectivity index (χ1) is 22.3. The molecular formula is C42H26N2O. The lowest BCUT2D eigenvalue weighted by molar-refractivity contribution is 0.631. The summed E-state index contributed by atoms with van der Waals surface area (Å²) in [5.74, 6) is 1.55. The molecule has 0 amide bonds. The van der Waals surface area contributed by atoms with Crippen LogP contribution in [0.5, 0.6) is 0 Å². The number of hydrogen-bond acceptors (Lipinski definition) is 3. The van der Waals surface area contributed by atoms with Crippen molar-refractivity contribution in [3.8, 4) is 45.2 Å². The number of fused-ring (bicyclic) bond motifs is 5. The fraction of sp³-hybridized carbons (Fsp3) is 0. The number of para-hydroxylation sites is 1. The molecule has 7 aromatic carbocycles. The number of aromatic nitrogens is 2. The molecule has 0 aliphatic carbocycles. The van der Waals surface area contributed by atoms with E-state index in [1.165, 1.54) is 32.3 Å². The van der Waals surface area contributed by atoms with Gasteiger partial charge >= 0.3 is 0 Å². The van der Waals surface area contributed by atoms with Crippen molar-refractivity contribution >= 4 is 43.3 Å². The Balaban J connectivity index is 1.29. The van der Waals surface area contributed by atoms with E-state index < -0.39 is 0 Å². The van der Waals surface area contributed by atoms with Crippen molar-refractivity contribution in [3.05, 3.63) is 158 Å². The van der Waals surface area contributed by atoms with Crippen LogP contribution in [0.3, 0.4) is 0 Å². The summed E-state index contributed by atoms with van der Waals surface area (Å²) in [6.45, 7) is 0. The molecule has 2 heterocycles. The summed E-state index contributed by atoms with van der Waals surface area (Å²) < 4.78 is 6.14. The molecule has 2 aromatic heterocycles. The van der Waals surface area contributed by atoms with Gasteiger partial charge in [0.25, 0.3) is 0 Å². The maximum absolute atomic E-state index is 6.14. The number of hydrogen-bond donors (Lipinski definition) is 0. The van der Waals surface area contributed by atoms with Gasteiger partial charge in [-0.15, -0.1) is 0 Å². The summed E-state index contributed by atoms with van der Waals surface area (Å²) in [7, 11) is 0. The van der Waals surface area contributed by atoms with Crippen LogP contribution < -0.4 is 0 Å². The SMILES string of the molecule is c1ccc(-c2nc(-c3ccc(-c4cc5ccccc5o4)cc3)cc(-c3c4ccccc4cc4ccc5ccccc5c34)n2)cc1. The van der Waals surface area contributed by atoms with Crippen LogP contribution in [0.2, 0.25) is 0 Å². The van der Waals surface area contributed by atoms with Gasteiger partial charge in [-0.25, -0.2) is 9.97 Å². The third kappa shape index (κ3) is 4.37. The summed E-state index contributed by atoms with van der Waals surface area (Å²) in [5, 5.41) is 8.28. The molecule has 0 fully saturated rings. The molecule has 45 heavy (non-hydrogen) atoms. The van der Waals surface area contributed by atoms with Gasteiger partial charge in [0, 0.05) is 27.6 Å². The van der Waals surface area contributed by atoms with Crippen LogP contribution in [0.4, 0.5) is 0 Å². The van der Waals surface area contributed by atoms with Crippen molar-refractivity contribution in [1.82, 2.24) is 9.97 Å². The summed E-state index contributed by atoms with van der Waals surface area (Å²) in [5.41, 5.74) is 6.81. The van der Waals surface area contributed by atoms with Crippen molar-refractivity contribution in [2.24, 2.45) is 0 Å². The Morgan fingerprint density at radius 3 is 1.87 bits per heavy atom. The number of benzene rings is 7. The van der Waals surface area contributed by atoms with Crippen LogP contribution in [-0.4, -0.2) is 9.97 Å². The molecule has 0 spiro atoms. The van der Waals surface area contributed by atoms with E-state index in [4.69, 9.17) is 14.4 Å². The Morgan fingerprint density at radius 1 is 0.400 bits per heavy atom. The molecule has 0 unspecified atom stereocenters. The smallest absolute Gasteiger partial charge is 0.160 e. The molecule has 0 bridgehead atoms. The Bertz CT molecular complexity index is 2500. The zero-order valence-corrected chi connectivity index (χ0v) is 24.3. The fourth-order valence-electron chi connectivity index (χ4n) is 6.48. The minimum Gasteiger partial charge on any atom is -0.456 e. The fourth-order valence-corrected chi connectivity index (χ4v) is 6.48. The first kappa shape index (κ1) is 25.4. The topological polar surface area (TPSA) is 38.9 Å². The molecule has 0 radical (unpaired) electrons. The van der Waals surface area contributed by atoms with Gasteiger partial charge in [-0.3, -0.25) is 0 Å². The second kappa shape index (κ2) is 10.3. The highest BCUT2D eigenvalue weighted by Crippen LogP contribution is 2.41. The third-order valence-electron chi connectivity index (χ3n) is 8.66. The van der Waals surface area contributed by atoms with Crippen molar-refractivity contribution < 1.29 is 4.42 Å². The van der Waals surface area contributed by atoms with Gasteiger partial charge in [-0.1, -0.05) is 133 Å². The van der Waals surface area contributed by atoms with Crippen molar-refractivity contribution in [1.29, 1.82) is 0 Å². The highest BCUT2D eigenvalue weighted by Gasteiger charge is 2.17. The summed E-state index contributed by atoms with van der Waals surface area (Å²) in [4.78, 5) is 10.4. The zero-order chi connectivity index (χ0) is 29.7. The second-order valence-electron chi connectivity index (χ2n) is 11.4. The molecule has 9 aromatic rings. The van der Waals surface area contributed by atoms with Gasteiger partial charge in [0.2, 0.25) is 0 Å². The van der Waals surface area contributed by atoms with Crippen LogP contribution in [-0.2, 0) is 0 Å². The van der Waals surface area contributed by atoms with E-state index in [2.05, 4.69) is 121 Å². The molecule has 210 valence electrons. The lowest BCUT2D eigenvalue weighted by atomic mass is 9.90. The minimum absolute atomic E-state index is 0.700. The standard InChI is InChI=1S/C42H26N2O/c1-2-11-30(12-3-1)42-43-36(28-19-21-29(22-20-28)39-25-32-14-6-9-17-38(32)45-39)26-37(44-42)41-35-16-8-5-13-31(35)24-33-23-18-27-10-4-7-15-34(27)40(33)41/h1-26H. The van der Waals surface area contributed by atoms with Crippen LogP contribution in [0.15, 0.2) is 162 Å². The Labute approximate surface area is 260 Å². The molecule has 0 aliphatic rings. The first-order valence-electron chi connectivity index (χ1n) is 15.2. The Hall–Kier alpha value is -6.06. The van der Waals surface area contributed by atoms with E-state index in [9.17, 15) is 0 Å². The maximum Gasteiger partial charge on any atom is 0.160 e. The third-order valence-corrected chi connectivity index (χ3v) is 8.66. The predicted octanol–water partition coefficient (Wildman–Crippen LogP) is 11.4. The summed E-state index contributed by atoms with van der Waals surface area (Å²) in [6, 6.07) is 55.0. The normalized spacial score (nSPS) is 11.6. The Morgan fingerprint density at radius 2 is 1.04 bits per heavy atom. The highest BCUT2D eigenvalue weighted by atomic mass is 16.3. The van der Waals surface area contributed by atoms with Crippen LogP contribution in [0.25, 0.3) is 88.5 Å². The van der Waals surface area contributed by atoms with Gasteiger partial charge < -0.3 is 4.42 Å². The van der Waals surface area contributed by atoms with E-state index in [-0.39, 0.29) is 0 Å². The van der Waals surface area contributed by atoms with Gasteiger partial charge in [0.1, 0.15) is 11.3 Å². The second-order valence-corrected chi connectivity index (χ2v) is 11.4. The van der Waals surface area contributed by atoms with E-state index in [1.54, 1.807) is 0 Å². The lowest BCUT2D eigenvalue weighted by Gasteiger charge is -2.16. The zero-order valence-electron chi connectivity index (χ0n) is 24.3. The number of furan rings is 1. The molecule has 0 atom stereocenters.